The Morgan fingerprint density at radius 2 is 2.46 bits per heavy atom. The van der Waals surface area contributed by atoms with Gasteiger partial charge in [-0.15, -0.1) is 0 Å². The molecule has 0 aromatic heterocycles. The van der Waals surface area contributed by atoms with Crippen molar-refractivity contribution in [3.8, 4) is 0 Å². The highest BCUT2D eigenvalue weighted by Gasteiger charge is 2.33. The molecule has 1 saturated heterocycles. The largest absolute Gasteiger partial charge is 0.368 e. The van der Waals surface area contributed by atoms with Crippen LogP contribution >= 0.6 is 0 Å². The van der Waals surface area contributed by atoms with Gasteiger partial charge in [0.1, 0.15) is 6.04 Å². The maximum atomic E-state index is 11.4. The van der Waals surface area contributed by atoms with Crippen LogP contribution in [0.2, 0.25) is 0 Å². The Morgan fingerprint density at radius 1 is 1.85 bits per heavy atom. The summed E-state index contributed by atoms with van der Waals surface area (Å²) in [6, 6.07) is -0.445. The van der Waals surface area contributed by atoms with Crippen LogP contribution in [0.25, 0.3) is 0 Å². The lowest BCUT2D eigenvalue weighted by atomic mass is 10.1. The van der Waals surface area contributed by atoms with Crippen molar-refractivity contribution in [2.24, 2.45) is 11.7 Å². The molecule has 1 aliphatic rings. The van der Waals surface area contributed by atoms with Gasteiger partial charge < -0.3 is 10.6 Å². The highest BCUT2D eigenvalue weighted by Crippen LogP contribution is 2.20. The van der Waals surface area contributed by atoms with E-state index >= 15 is 0 Å². The van der Waals surface area contributed by atoms with Gasteiger partial charge >= 0.3 is 0 Å². The van der Waals surface area contributed by atoms with E-state index in [0.717, 1.165) is 0 Å². The predicted octanol–water partition coefficient (Wildman–Crippen LogP) is -0.0671. The Morgan fingerprint density at radius 3 is 2.77 bits per heavy atom. The van der Waals surface area contributed by atoms with E-state index in [1.165, 1.54) is 0 Å². The third-order valence-corrected chi connectivity index (χ3v) is 2.33. The Kier molecular flexibility index (Phi) is 2.90. The van der Waals surface area contributed by atoms with Crippen LogP contribution in [-0.4, -0.2) is 29.3 Å². The van der Waals surface area contributed by atoms with E-state index in [0.29, 0.717) is 19.4 Å². The number of hydrogen-bond acceptors (Lipinski definition) is 2. The number of amides is 2. The maximum Gasteiger partial charge on any atom is 0.240 e. The first kappa shape index (κ1) is 10.0. The molecule has 0 aromatic carbocycles. The summed E-state index contributed by atoms with van der Waals surface area (Å²) in [4.78, 5) is 23.9. The van der Waals surface area contributed by atoms with Crippen LogP contribution in [0.4, 0.5) is 0 Å². The van der Waals surface area contributed by atoms with Crippen molar-refractivity contribution in [1.29, 1.82) is 0 Å². The van der Waals surface area contributed by atoms with Gasteiger partial charge in [-0.3, -0.25) is 9.59 Å². The van der Waals surface area contributed by atoms with Gasteiger partial charge in [0.25, 0.3) is 0 Å². The Hall–Kier alpha value is -1.06. The quantitative estimate of drug-likeness (QED) is 0.665. The van der Waals surface area contributed by atoms with Crippen LogP contribution in [0.15, 0.2) is 0 Å². The SMILES string of the molecule is [CH2]C1CC(=O)N([C@@H](CC)C(N)=O)C1. The van der Waals surface area contributed by atoms with Crippen LogP contribution in [0.5, 0.6) is 0 Å². The van der Waals surface area contributed by atoms with E-state index in [2.05, 4.69) is 6.92 Å². The summed E-state index contributed by atoms with van der Waals surface area (Å²) >= 11 is 0. The van der Waals surface area contributed by atoms with Gasteiger partial charge in [0.05, 0.1) is 0 Å². The zero-order chi connectivity index (χ0) is 10.0. The minimum absolute atomic E-state index is 0.00866. The van der Waals surface area contributed by atoms with Crippen LogP contribution in [0, 0.1) is 12.8 Å². The summed E-state index contributed by atoms with van der Waals surface area (Å²) in [6.07, 6.45) is 1.01. The normalized spacial score (nSPS) is 24.9. The molecule has 0 aliphatic carbocycles. The lowest BCUT2D eigenvalue weighted by molar-refractivity contribution is -0.136. The van der Waals surface area contributed by atoms with E-state index in [4.69, 9.17) is 5.73 Å². The second-order valence-electron chi connectivity index (χ2n) is 3.44. The molecule has 1 heterocycles. The fourth-order valence-electron chi connectivity index (χ4n) is 1.68. The topological polar surface area (TPSA) is 63.4 Å². The lowest BCUT2D eigenvalue weighted by Gasteiger charge is -2.23. The van der Waals surface area contributed by atoms with Gasteiger partial charge in [-0.25, -0.2) is 0 Å². The highest BCUT2D eigenvalue weighted by molar-refractivity contribution is 5.87. The molecule has 0 bridgehead atoms. The maximum absolute atomic E-state index is 11.4. The summed E-state index contributed by atoms with van der Waals surface area (Å²) in [5.41, 5.74) is 5.18. The van der Waals surface area contributed by atoms with Crippen LogP contribution in [0.1, 0.15) is 19.8 Å². The number of carbonyl (C=O) groups is 2. The summed E-state index contributed by atoms with van der Waals surface area (Å²) < 4.78 is 0. The number of nitrogens with two attached hydrogens (primary N) is 1. The van der Waals surface area contributed by atoms with Gasteiger partial charge in [-0.2, -0.15) is 0 Å². The standard InChI is InChI=1S/C9H15N2O2/c1-3-7(9(10)13)11-5-6(2)4-8(11)12/h6-7H,2-5H2,1H3,(H2,10,13)/t6?,7-/m0/s1. The van der Waals surface area contributed by atoms with E-state index in [9.17, 15) is 9.59 Å². The molecule has 2 amide bonds. The Balaban J connectivity index is 2.69. The summed E-state index contributed by atoms with van der Waals surface area (Å²) in [6.45, 7) is 6.20. The smallest absolute Gasteiger partial charge is 0.240 e. The zero-order valence-electron chi connectivity index (χ0n) is 7.82. The van der Waals surface area contributed by atoms with Crippen molar-refractivity contribution in [3.63, 3.8) is 0 Å². The second kappa shape index (κ2) is 3.77. The van der Waals surface area contributed by atoms with Crippen molar-refractivity contribution in [2.45, 2.75) is 25.8 Å². The summed E-state index contributed by atoms with van der Waals surface area (Å²) in [7, 11) is 0. The van der Waals surface area contributed by atoms with Crippen molar-refractivity contribution < 1.29 is 9.59 Å². The first-order chi connectivity index (χ1) is 6.06. The fraction of sp³-hybridized carbons (Fsp3) is 0.667. The van der Waals surface area contributed by atoms with Crippen LogP contribution in [-0.2, 0) is 9.59 Å². The molecule has 0 spiro atoms. The first-order valence-electron chi connectivity index (χ1n) is 4.48. The van der Waals surface area contributed by atoms with Crippen molar-refractivity contribution in [3.05, 3.63) is 6.92 Å². The van der Waals surface area contributed by atoms with E-state index in [1.54, 1.807) is 4.90 Å². The van der Waals surface area contributed by atoms with Gasteiger partial charge in [-0.05, 0) is 19.3 Å². The third kappa shape index (κ3) is 1.99. The molecule has 1 unspecified atom stereocenters. The number of likely N-dealkylation sites (tertiary alicyclic amines) is 1. The molecule has 13 heavy (non-hydrogen) atoms. The molecule has 2 atom stereocenters. The number of nitrogens with zero attached hydrogens (tertiary/aromatic N) is 1. The second-order valence-corrected chi connectivity index (χ2v) is 3.44. The average molecular weight is 183 g/mol. The van der Waals surface area contributed by atoms with Crippen molar-refractivity contribution >= 4 is 11.8 Å². The molecule has 1 radical (unpaired) electrons. The molecule has 0 aromatic rings. The van der Waals surface area contributed by atoms with Crippen molar-refractivity contribution in [2.75, 3.05) is 6.54 Å². The zero-order valence-corrected chi connectivity index (χ0v) is 7.82. The fourth-order valence-corrected chi connectivity index (χ4v) is 1.68. The lowest BCUT2D eigenvalue weighted by Crippen LogP contribution is -2.45. The molecule has 1 fully saturated rings. The summed E-state index contributed by atoms with van der Waals surface area (Å²) in [5.74, 6) is -0.337. The number of rotatable bonds is 3. The van der Waals surface area contributed by atoms with Crippen LogP contribution in [0.3, 0.4) is 0 Å². The number of primary amides is 1. The molecule has 1 aliphatic heterocycles. The summed E-state index contributed by atoms with van der Waals surface area (Å²) in [5, 5.41) is 0. The minimum atomic E-state index is -0.445. The number of hydrogen-bond donors (Lipinski definition) is 1. The third-order valence-electron chi connectivity index (χ3n) is 2.33. The van der Waals surface area contributed by atoms with Gasteiger partial charge in [-0.1, -0.05) is 6.92 Å². The van der Waals surface area contributed by atoms with E-state index in [-0.39, 0.29) is 11.8 Å². The molecule has 2 N–H and O–H groups in total. The molecule has 0 saturated carbocycles. The molecule has 4 nitrogen and oxygen atoms in total. The van der Waals surface area contributed by atoms with Crippen molar-refractivity contribution in [1.82, 2.24) is 4.90 Å². The molecule has 73 valence electrons. The molecule has 1 rings (SSSR count). The predicted molar refractivity (Wildman–Crippen MR) is 48.5 cm³/mol. The van der Waals surface area contributed by atoms with E-state index < -0.39 is 11.9 Å². The Bertz CT molecular complexity index is 228. The van der Waals surface area contributed by atoms with Gasteiger partial charge in [0.15, 0.2) is 0 Å². The van der Waals surface area contributed by atoms with Gasteiger partial charge in [0, 0.05) is 13.0 Å². The first-order valence-corrected chi connectivity index (χ1v) is 4.48. The van der Waals surface area contributed by atoms with E-state index in [1.807, 2.05) is 6.92 Å². The molecular formula is C9H15N2O2. The highest BCUT2D eigenvalue weighted by atomic mass is 16.2. The Labute approximate surface area is 78.1 Å². The van der Waals surface area contributed by atoms with Crippen LogP contribution < -0.4 is 5.73 Å². The molecule has 4 heteroatoms. The van der Waals surface area contributed by atoms with Gasteiger partial charge in [0.2, 0.25) is 11.8 Å². The number of carbonyl (C=O) groups excluding carboxylic acids is 2. The average Bonchev–Trinajstić information content (AvgIpc) is 2.31. The monoisotopic (exact) mass is 183 g/mol. The molecular weight excluding hydrogens is 168 g/mol. The minimum Gasteiger partial charge on any atom is -0.368 e.